The maximum Gasteiger partial charge on any atom is 0.290 e. The van der Waals surface area contributed by atoms with Gasteiger partial charge >= 0.3 is 0 Å². The number of para-hydroxylation sites is 1. The van der Waals surface area contributed by atoms with Crippen LogP contribution in [-0.4, -0.2) is 38.4 Å². The number of carbonyl (C=O) groups excluding carboxylic acids is 1. The molecule has 0 saturated heterocycles. The van der Waals surface area contributed by atoms with E-state index in [1.807, 2.05) is 18.2 Å². The number of halogens is 1. The number of aromatic nitrogens is 3. The Morgan fingerprint density at radius 1 is 1.42 bits per heavy atom. The fraction of sp³-hybridized carbons (Fsp3) is 0.471. The number of amides is 1. The monoisotopic (exact) mass is 348 g/mol. The van der Waals surface area contributed by atoms with Crippen molar-refractivity contribution in [1.82, 2.24) is 20.1 Å². The first-order valence-electron chi connectivity index (χ1n) is 8.19. The predicted octanol–water partition coefficient (Wildman–Crippen LogP) is 2.51. The summed E-state index contributed by atoms with van der Waals surface area (Å²) in [5.41, 5.74) is 0.693. The minimum atomic E-state index is -0.302. The van der Waals surface area contributed by atoms with Crippen molar-refractivity contribution in [3.05, 3.63) is 40.9 Å². The van der Waals surface area contributed by atoms with E-state index >= 15 is 0 Å². The molecule has 2 aromatic rings. The van der Waals surface area contributed by atoms with E-state index in [2.05, 4.69) is 15.4 Å². The van der Waals surface area contributed by atoms with Gasteiger partial charge in [0, 0.05) is 6.54 Å². The number of hydrogen-bond acceptors (Lipinski definition) is 4. The smallest absolute Gasteiger partial charge is 0.290 e. The van der Waals surface area contributed by atoms with Crippen molar-refractivity contribution >= 4 is 17.5 Å². The summed E-state index contributed by atoms with van der Waals surface area (Å²) in [4.78, 5) is 16.5. The van der Waals surface area contributed by atoms with Gasteiger partial charge in [0.05, 0.1) is 16.8 Å². The SMILES string of the molecule is Cc1nc(C(=O)NCC2CCCC(O)C2)nn1-c1ccccc1Cl. The lowest BCUT2D eigenvalue weighted by Gasteiger charge is -2.25. The number of aryl methyl sites for hydroxylation is 1. The third-order valence-corrected chi connectivity index (χ3v) is 4.68. The highest BCUT2D eigenvalue weighted by atomic mass is 35.5. The number of hydrogen-bond donors (Lipinski definition) is 2. The van der Waals surface area contributed by atoms with Crippen LogP contribution in [0.15, 0.2) is 24.3 Å². The summed E-state index contributed by atoms with van der Waals surface area (Å²) in [6.45, 7) is 2.32. The zero-order chi connectivity index (χ0) is 17.1. The number of aliphatic hydroxyl groups is 1. The molecule has 1 amide bonds. The highest BCUT2D eigenvalue weighted by molar-refractivity contribution is 6.32. The van der Waals surface area contributed by atoms with Crippen molar-refractivity contribution in [3.8, 4) is 5.69 Å². The van der Waals surface area contributed by atoms with Crippen LogP contribution in [0.5, 0.6) is 0 Å². The molecular formula is C17H21ClN4O2. The first-order chi connectivity index (χ1) is 11.5. The van der Waals surface area contributed by atoms with E-state index in [1.165, 1.54) is 0 Å². The molecule has 6 nitrogen and oxygen atoms in total. The van der Waals surface area contributed by atoms with Crippen molar-refractivity contribution in [2.45, 2.75) is 38.7 Å². The molecule has 2 atom stereocenters. The summed E-state index contributed by atoms with van der Waals surface area (Å²) in [6, 6.07) is 7.29. The van der Waals surface area contributed by atoms with E-state index in [0.717, 1.165) is 25.7 Å². The van der Waals surface area contributed by atoms with E-state index in [9.17, 15) is 9.90 Å². The quantitative estimate of drug-likeness (QED) is 0.889. The number of aliphatic hydroxyl groups excluding tert-OH is 1. The highest BCUT2D eigenvalue weighted by Gasteiger charge is 2.22. The number of rotatable bonds is 4. The summed E-state index contributed by atoms with van der Waals surface area (Å²) in [6.07, 6.45) is 3.37. The van der Waals surface area contributed by atoms with Crippen LogP contribution < -0.4 is 5.32 Å². The maximum atomic E-state index is 12.3. The summed E-state index contributed by atoms with van der Waals surface area (Å²) in [7, 11) is 0. The summed E-state index contributed by atoms with van der Waals surface area (Å²) >= 11 is 6.18. The second-order valence-electron chi connectivity index (χ2n) is 6.24. The molecule has 7 heteroatoms. The van der Waals surface area contributed by atoms with Crippen LogP contribution in [0.25, 0.3) is 5.69 Å². The van der Waals surface area contributed by atoms with Crippen molar-refractivity contribution in [2.75, 3.05) is 6.54 Å². The third kappa shape index (κ3) is 3.76. The Labute approximate surface area is 145 Å². The molecule has 128 valence electrons. The van der Waals surface area contributed by atoms with E-state index in [0.29, 0.717) is 29.0 Å². The molecule has 1 aromatic carbocycles. The molecule has 1 saturated carbocycles. The first-order valence-corrected chi connectivity index (χ1v) is 8.57. The van der Waals surface area contributed by atoms with E-state index in [4.69, 9.17) is 11.6 Å². The van der Waals surface area contributed by atoms with Crippen molar-refractivity contribution in [1.29, 1.82) is 0 Å². The lowest BCUT2D eigenvalue weighted by atomic mass is 9.87. The van der Waals surface area contributed by atoms with E-state index in [1.54, 1.807) is 17.7 Å². The fourth-order valence-corrected chi connectivity index (χ4v) is 3.32. The lowest BCUT2D eigenvalue weighted by Crippen LogP contribution is -2.33. The van der Waals surface area contributed by atoms with Crippen LogP contribution >= 0.6 is 11.6 Å². The predicted molar refractivity (Wildman–Crippen MR) is 91.4 cm³/mol. The standard InChI is InChI=1S/C17H21ClN4O2/c1-11-20-16(21-22(11)15-8-3-2-7-14(15)18)17(24)19-10-12-5-4-6-13(23)9-12/h2-3,7-8,12-13,23H,4-6,9-10H2,1H3,(H,19,24). The van der Waals surface area contributed by atoms with Gasteiger partial charge in [-0.1, -0.05) is 30.2 Å². The largest absolute Gasteiger partial charge is 0.393 e. The van der Waals surface area contributed by atoms with Crippen LogP contribution in [0, 0.1) is 12.8 Å². The summed E-state index contributed by atoms with van der Waals surface area (Å²) < 4.78 is 1.57. The molecule has 0 spiro atoms. The van der Waals surface area contributed by atoms with Crippen molar-refractivity contribution in [3.63, 3.8) is 0 Å². The number of carbonyl (C=O) groups is 1. The molecule has 1 aromatic heterocycles. The zero-order valence-corrected chi connectivity index (χ0v) is 14.3. The Morgan fingerprint density at radius 2 is 2.21 bits per heavy atom. The molecule has 2 unspecified atom stereocenters. The van der Waals surface area contributed by atoms with Gasteiger partial charge in [-0.3, -0.25) is 4.79 Å². The van der Waals surface area contributed by atoms with Gasteiger partial charge in [0.15, 0.2) is 0 Å². The Bertz CT molecular complexity index is 731. The van der Waals surface area contributed by atoms with Crippen LogP contribution in [0.4, 0.5) is 0 Å². The Kier molecular flexibility index (Phi) is 5.16. The first kappa shape index (κ1) is 16.9. The zero-order valence-electron chi connectivity index (χ0n) is 13.6. The van der Waals surface area contributed by atoms with Crippen LogP contribution in [0.3, 0.4) is 0 Å². The number of nitrogens with one attached hydrogen (secondary N) is 1. The number of benzene rings is 1. The molecule has 0 aliphatic heterocycles. The third-order valence-electron chi connectivity index (χ3n) is 4.36. The van der Waals surface area contributed by atoms with Crippen molar-refractivity contribution < 1.29 is 9.90 Å². The van der Waals surface area contributed by atoms with Gasteiger partial charge in [-0.05, 0) is 44.2 Å². The topological polar surface area (TPSA) is 80.0 Å². The molecular weight excluding hydrogens is 328 g/mol. The highest BCUT2D eigenvalue weighted by Crippen LogP contribution is 2.23. The molecule has 0 bridgehead atoms. The van der Waals surface area contributed by atoms with Gasteiger partial charge in [-0.2, -0.15) is 0 Å². The Balaban J connectivity index is 1.68. The normalized spacial score (nSPS) is 20.8. The number of nitrogens with zero attached hydrogens (tertiary/aromatic N) is 3. The average molecular weight is 349 g/mol. The Morgan fingerprint density at radius 3 is 2.96 bits per heavy atom. The second-order valence-corrected chi connectivity index (χ2v) is 6.65. The second kappa shape index (κ2) is 7.32. The molecule has 1 heterocycles. The summed E-state index contributed by atoms with van der Waals surface area (Å²) in [5, 5.41) is 17.4. The lowest BCUT2D eigenvalue weighted by molar-refractivity contribution is 0.0866. The van der Waals surface area contributed by atoms with Crippen LogP contribution in [-0.2, 0) is 0 Å². The molecule has 1 aliphatic rings. The van der Waals surface area contributed by atoms with E-state index in [-0.39, 0.29) is 17.8 Å². The molecule has 3 rings (SSSR count). The van der Waals surface area contributed by atoms with Crippen LogP contribution in [0.1, 0.15) is 42.1 Å². The minimum Gasteiger partial charge on any atom is -0.393 e. The van der Waals surface area contributed by atoms with Gasteiger partial charge in [-0.15, -0.1) is 5.10 Å². The van der Waals surface area contributed by atoms with Gasteiger partial charge in [0.2, 0.25) is 5.82 Å². The van der Waals surface area contributed by atoms with Crippen LogP contribution in [0.2, 0.25) is 5.02 Å². The fourth-order valence-electron chi connectivity index (χ4n) is 3.10. The Hall–Kier alpha value is -1.92. The van der Waals surface area contributed by atoms with Crippen molar-refractivity contribution in [2.24, 2.45) is 5.92 Å². The van der Waals surface area contributed by atoms with Gasteiger partial charge < -0.3 is 10.4 Å². The maximum absolute atomic E-state index is 12.3. The average Bonchev–Trinajstić information content (AvgIpc) is 2.95. The molecule has 2 N–H and O–H groups in total. The minimum absolute atomic E-state index is 0.128. The van der Waals surface area contributed by atoms with Gasteiger partial charge in [0.1, 0.15) is 5.82 Å². The van der Waals surface area contributed by atoms with Gasteiger partial charge in [0.25, 0.3) is 5.91 Å². The van der Waals surface area contributed by atoms with Gasteiger partial charge in [-0.25, -0.2) is 9.67 Å². The molecule has 1 aliphatic carbocycles. The molecule has 24 heavy (non-hydrogen) atoms. The van der Waals surface area contributed by atoms with E-state index < -0.39 is 0 Å². The molecule has 1 fully saturated rings. The summed E-state index contributed by atoms with van der Waals surface area (Å²) in [5.74, 6) is 0.735. The molecule has 0 radical (unpaired) electrons.